The second kappa shape index (κ2) is 3.33. The van der Waals surface area contributed by atoms with Crippen molar-refractivity contribution in [2.45, 2.75) is 31.7 Å². The van der Waals surface area contributed by atoms with Crippen molar-refractivity contribution < 1.29 is 4.74 Å². The van der Waals surface area contributed by atoms with E-state index in [0.29, 0.717) is 6.04 Å². The van der Waals surface area contributed by atoms with Crippen molar-refractivity contribution in [3.05, 3.63) is 0 Å². The van der Waals surface area contributed by atoms with E-state index >= 15 is 0 Å². The second-order valence-electron chi connectivity index (χ2n) is 3.64. The van der Waals surface area contributed by atoms with Crippen molar-refractivity contribution in [1.29, 1.82) is 0 Å². The molecule has 1 N–H and O–H groups in total. The summed E-state index contributed by atoms with van der Waals surface area (Å²) in [4.78, 5) is 4.02. The first-order valence-electron chi connectivity index (χ1n) is 4.76. The third-order valence-electron chi connectivity index (χ3n) is 2.86. The molecule has 1 aliphatic carbocycles. The first kappa shape index (κ1) is 7.90. The van der Waals surface area contributed by atoms with Crippen molar-refractivity contribution in [2.24, 2.45) is 10.9 Å². The fourth-order valence-electron chi connectivity index (χ4n) is 2.11. The number of aliphatic imine (C=N–C) groups is 1. The quantitative estimate of drug-likeness (QED) is 0.588. The summed E-state index contributed by atoms with van der Waals surface area (Å²) in [6.07, 6.45) is 5.32. The fraction of sp³-hybridized carbons (Fsp3) is 0.889. The van der Waals surface area contributed by atoms with Gasteiger partial charge in [0.05, 0.1) is 6.61 Å². The number of nitrogens with one attached hydrogen (secondary N) is 1. The molecule has 0 amide bonds. The molecule has 3 nitrogen and oxygen atoms in total. The average Bonchev–Trinajstić information content (AvgIpc) is 2.17. The van der Waals surface area contributed by atoms with Gasteiger partial charge in [0.25, 0.3) is 6.02 Å². The molecule has 68 valence electrons. The predicted molar refractivity (Wildman–Crippen MR) is 48.2 cm³/mol. The summed E-state index contributed by atoms with van der Waals surface area (Å²) >= 11 is 0. The zero-order valence-electron chi connectivity index (χ0n) is 7.55. The molecule has 2 aliphatic rings. The number of hydrogen-bond acceptors (Lipinski definition) is 2. The monoisotopic (exact) mass is 168 g/mol. The molecule has 3 heteroatoms. The highest BCUT2D eigenvalue weighted by molar-refractivity contribution is 5.74. The van der Waals surface area contributed by atoms with Gasteiger partial charge in [0.15, 0.2) is 0 Å². The third kappa shape index (κ3) is 1.40. The summed E-state index contributed by atoms with van der Waals surface area (Å²) in [5.41, 5.74) is 0. The van der Waals surface area contributed by atoms with E-state index in [1.165, 1.54) is 25.7 Å². The van der Waals surface area contributed by atoms with E-state index in [4.69, 9.17) is 4.74 Å². The van der Waals surface area contributed by atoms with Gasteiger partial charge >= 0.3 is 0 Å². The molecule has 0 aromatic carbocycles. The van der Waals surface area contributed by atoms with Gasteiger partial charge in [-0.2, -0.15) is 0 Å². The van der Waals surface area contributed by atoms with Crippen LogP contribution < -0.4 is 5.32 Å². The average molecular weight is 168 g/mol. The highest BCUT2D eigenvalue weighted by Crippen LogP contribution is 2.26. The number of ether oxygens (including phenoxy) is 1. The molecule has 2 fully saturated rings. The van der Waals surface area contributed by atoms with Gasteiger partial charge in [-0.15, -0.1) is 0 Å². The molecule has 2 rings (SSSR count). The van der Waals surface area contributed by atoms with Crippen LogP contribution in [0.3, 0.4) is 0 Å². The number of hydrogen-bond donors (Lipinski definition) is 1. The number of nitrogens with zero attached hydrogens (tertiary/aromatic N) is 1. The molecule has 1 saturated heterocycles. The summed E-state index contributed by atoms with van der Waals surface area (Å²) in [6.45, 7) is 0.865. The van der Waals surface area contributed by atoms with Crippen LogP contribution in [0.2, 0.25) is 0 Å². The van der Waals surface area contributed by atoms with Crippen LogP contribution >= 0.6 is 0 Å². The predicted octanol–water partition coefficient (Wildman–Crippen LogP) is 1.15. The molecular formula is C9H16N2O. The summed E-state index contributed by atoms with van der Waals surface area (Å²) < 4.78 is 5.44. The van der Waals surface area contributed by atoms with E-state index in [1.54, 1.807) is 7.05 Å². The van der Waals surface area contributed by atoms with Crippen molar-refractivity contribution in [3.8, 4) is 0 Å². The van der Waals surface area contributed by atoms with Crippen LogP contribution in [0.5, 0.6) is 0 Å². The molecule has 2 atom stereocenters. The van der Waals surface area contributed by atoms with Crippen LogP contribution in [0.25, 0.3) is 0 Å². The molecule has 0 radical (unpaired) electrons. The Labute approximate surface area is 73.2 Å². The van der Waals surface area contributed by atoms with Gasteiger partial charge in [0.1, 0.15) is 0 Å². The Kier molecular flexibility index (Phi) is 2.19. The van der Waals surface area contributed by atoms with Gasteiger partial charge in [-0.3, -0.25) is 0 Å². The number of fused-ring (bicyclic) bond motifs is 1. The van der Waals surface area contributed by atoms with E-state index in [2.05, 4.69) is 10.3 Å². The second-order valence-corrected chi connectivity index (χ2v) is 3.64. The first-order chi connectivity index (χ1) is 5.90. The van der Waals surface area contributed by atoms with E-state index in [0.717, 1.165) is 18.5 Å². The van der Waals surface area contributed by atoms with E-state index in [-0.39, 0.29) is 0 Å². The molecule has 0 unspecified atom stereocenters. The largest absolute Gasteiger partial charge is 0.465 e. The minimum atomic E-state index is 0.631. The minimum absolute atomic E-state index is 0.631. The normalized spacial score (nSPS) is 38.2. The zero-order valence-corrected chi connectivity index (χ0v) is 7.55. The SMILES string of the molecule is CN=C1N[C@@H]2CCCC[C@@H]2CO1. The molecule has 0 aromatic heterocycles. The number of amidine groups is 1. The van der Waals surface area contributed by atoms with Crippen molar-refractivity contribution in [1.82, 2.24) is 5.32 Å². The Morgan fingerprint density at radius 2 is 2.25 bits per heavy atom. The lowest BCUT2D eigenvalue weighted by molar-refractivity contribution is 0.124. The van der Waals surface area contributed by atoms with E-state index in [9.17, 15) is 0 Å². The van der Waals surface area contributed by atoms with Gasteiger partial charge in [-0.25, -0.2) is 4.99 Å². The standard InChI is InChI=1S/C9H16N2O/c1-10-9-11-8-5-3-2-4-7(8)6-12-9/h7-8H,2-6H2,1H3,(H,10,11)/t7-,8-/m1/s1. The molecule has 0 spiro atoms. The molecule has 1 aliphatic heterocycles. The Hall–Kier alpha value is -0.730. The van der Waals surface area contributed by atoms with E-state index < -0.39 is 0 Å². The zero-order chi connectivity index (χ0) is 8.39. The molecule has 0 aromatic rings. The number of rotatable bonds is 0. The van der Waals surface area contributed by atoms with Gasteiger partial charge in [0, 0.05) is 19.0 Å². The van der Waals surface area contributed by atoms with Crippen molar-refractivity contribution >= 4 is 6.02 Å². The minimum Gasteiger partial charge on any atom is -0.465 e. The van der Waals surface area contributed by atoms with Crippen molar-refractivity contribution in [3.63, 3.8) is 0 Å². The summed E-state index contributed by atoms with van der Waals surface area (Å²) in [7, 11) is 1.77. The first-order valence-corrected chi connectivity index (χ1v) is 4.76. The van der Waals surface area contributed by atoms with E-state index in [1.807, 2.05) is 0 Å². The van der Waals surface area contributed by atoms with Gasteiger partial charge < -0.3 is 10.1 Å². The maximum absolute atomic E-state index is 5.44. The summed E-state index contributed by atoms with van der Waals surface area (Å²) in [5.74, 6) is 0.726. The Bertz CT molecular complexity index is 191. The van der Waals surface area contributed by atoms with Crippen LogP contribution in [0, 0.1) is 5.92 Å². The van der Waals surface area contributed by atoms with Crippen LogP contribution in [0.4, 0.5) is 0 Å². The van der Waals surface area contributed by atoms with Crippen LogP contribution in [-0.2, 0) is 4.74 Å². The lowest BCUT2D eigenvalue weighted by Crippen LogP contribution is -2.49. The van der Waals surface area contributed by atoms with Gasteiger partial charge in [0.2, 0.25) is 0 Å². The summed E-state index contributed by atoms with van der Waals surface area (Å²) in [5, 5.41) is 3.33. The lowest BCUT2D eigenvalue weighted by Gasteiger charge is -2.36. The molecule has 1 saturated carbocycles. The molecular weight excluding hydrogens is 152 g/mol. The Morgan fingerprint density at radius 1 is 1.42 bits per heavy atom. The highest BCUT2D eigenvalue weighted by atomic mass is 16.5. The molecule has 12 heavy (non-hydrogen) atoms. The van der Waals surface area contributed by atoms with Crippen LogP contribution in [0.15, 0.2) is 4.99 Å². The molecule has 0 bridgehead atoms. The summed E-state index contributed by atoms with van der Waals surface area (Å²) in [6, 6.07) is 1.37. The maximum atomic E-state index is 5.44. The van der Waals surface area contributed by atoms with Gasteiger partial charge in [-0.05, 0) is 12.8 Å². The topological polar surface area (TPSA) is 33.6 Å². The molecule has 1 heterocycles. The smallest absolute Gasteiger partial charge is 0.284 e. The Morgan fingerprint density at radius 3 is 3.08 bits per heavy atom. The van der Waals surface area contributed by atoms with Crippen LogP contribution in [-0.4, -0.2) is 25.7 Å². The van der Waals surface area contributed by atoms with Crippen LogP contribution in [0.1, 0.15) is 25.7 Å². The van der Waals surface area contributed by atoms with Gasteiger partial charge in [-0.1, -0.05) is 12.8 Å². The maximum Gasteiger partial charge on any atom is 0.284 e. The highest BCUT2D eigenvalue weighted by Gasteiger charge is 2.30. The van der Waals surface area contributed by atoms with Crippen molar-refractivity contribution in [2.75, 3.05) is 13.7 Å². The third-order valence-corrected chi connectivity index (χ3v) is 2.86. The lowest BCUT2D eigenvalue weighted by atomic mass is 9.84. The Balaban J connectivity index is 1.98. The fourth-order valence-corrected chi connectivity index (χ4v) is 2.11.